The van der Waals surface area contributed by atoms with E-state index in [0.29, 0.717) is 11.6 Å². The Kier molecular flexibility index (Phi) is 3.76. The van der Waals surface area contributed by atoms with Crippen molar-refractivity contribution in [1.82, 2.24) is 10.2 Å². The molecule has 108 valence electrons. The van der Waals surface area contributed by atoms with Gasteiger partial charge in [0, 0.05) is 30.2 Å². The second-order valence-corrected chi connectivity index (χ2v) is 6.24. The Morgan fingerprint density at radius 1 is 1.25 bits per heavy atom. The topological polar surface area (TPSA) is 58.4 Å². The van der Waals surface area contributed by atoms with Gasteiger partial charge in [0.2, 0.25) is 5.91 Å². The second-order valence-electron chi connectivity index (χ2n) is 6.24. The number of nitrogens with zero attached hydrogens (tertiary/aromatic N) is 1. The van der Waals surface area contributed by atoms with E-state index in [1.807, 2.05) is 24.3 Å². The Bertz CT molecular complexity index is 473. The van der Waals surface area contributed by atoms with Crippen LogP contribution in [0.5, 0.6) is 0 Å². The van der Waals surface area contributed by atoms with E-state index in [0.717, 1.165) is 18.6 Å². The lowest BCUT2D eigenvalue weighted by Crippen LogP contribution is -2.46. The van der Waals surface area contributed by atoms with Crippen LogP contribution in [0.15, 0.2) is 24.3 Å². The molecule has 20 heavy (non-hydrogen) atoms. The van der Waals surface area contributed by atoms with E-state index in [2.05, 4.69) is 17.3 Å². The van der Waals surface area contributed by atoms with Gasteiger partial charge in [0.25, 0.3) is 0 Å². The van der Waals surface area contributed by atoms with E-state index in [9.17, 15) is 4.79 Å². The van der Waals surface area contributed by atoms with Crippen LogP contribution in [0.25, 0.3) is 0 Å². The Labute approximate surface area is 120 Å². The zero-order chi connectivity index (χ0) is 14.1. The summed E-state index contributed by atoms with van der Waals surface area (Å²) < 4.78 is 0. The quantitative estimate of drug-likeness (QED) is 0.874. The monoisotopic (exact) mass is 273 g/mol. The van der Waals surface area contributed by atoms with Crippen LogP contribution in [0.4, 0.5) is 0 Å². The highest BCUT2D eigenvalue weighted by atomic mass is 16.1. The summed E-state index contributed by atoms with van der Waals surface area (Å²) in [5.74, 6) is -0.361. The second kappa shape index (κ2) is 5.54. The van der Waals surface area contributed by atoms with Crippen LogP contribution in [0.1, 0.15) is 41.6 Å². The maximum atomic E-state index is 11.1. The Hall–Kier alpha value is -1.39. The molecule has 1 aromatic rings. The molecule has 4 heteroatoms. The van der Waals surface area contributed by atoms with Crippen molar-refractivity contribution in [2.24, 2.45) is 5.73 Å². The maximum absolute atomic E-state index is 11.1. The molecule has 1 aromatic carbocycles. The number of piperidine rings is 1. The van der Waals surface area contributed by atoms with E-state index < -0.39 is 0 Å². The van der Waals surface area contributed by atoms with Gasteiger partial charge in [0.05, 0.1) is 0 Å². The van der Waals surface area contributed by atoms with Gasteiger partial charge in [-0.2, -0.15) is 0 Å². The van der Waals surface area contributed by atoms with Gasteiger partial charge < -0.3 is 11.1 Å². The number of primary amides is 1. The average molecular weight is 273 g/mol. The number of rotatable bonds is 4. The number of hydrogen-bond donors (Lipinski definition) is 2. The first-order chi connectivity index (χ1) is 9.61. The standard InChI is InChI=1S/C16H23N3O/c1-19(15-8-13-6-7-14(9-15)18-13)10-11-2-4-12(5-3-11)16(17)20/h2-5,13-15,18H,6-10H2,1H3,(H2,17,20). The lowest BCUT2D eigenvalue weighted by atomic mass is 9.98. The first-order valence-corrected chi connectivity index (χ1v) is 7.47. The summed E-state index contributed by atoms with van der Waals surface area (Å²) in [4.78, 5) is 13.5. The fraction of sp³-hybridized carbons (Fsp3) is 0.562. The zero-order valence-electron chi connectivity index (χ0n) is 12.0. The minimum absolute atomic E-state index is 0.361. The van der Waals surface area contributed by atoms with Crippen molar-refractivity contribution < 1.29 is 4.79 Å². The number of nitrogens with two attached hydrogens (primary N) is 1. The first-order valence-electron chi connectivity index (χ1n) is 7.47. The van der Waals surface area contributed by atoms with Crippen LogP contribution in [0.2, 0.25) is 0 Å². The van der Waals surface area contributed by atoms with E-state index in [4.69, 9.17) is 5.73 Å². The molecule has 3 N–H and O–H groups in total. The molecule has 2 aliphatic rings. The number of amides is 1. The normalized spacial score (nSPS) is 28.8. The number of benzene rings is 1. The summed E-state index contributed by atoms with van der Waals surface area (Å²) in [6, 6.07) is 9.76. The molecule has 0 aliphatic carbocycles. The summed E-state index contributed by atoms with van der Waals surface area (Å²) in [6.45, 7) is 0.934. The third-order valence-corrected chi connectivity index (χ3v) is 4.74. The Morgan fingerprint density at radius 2 is 1.85 bits per heavy atom. The van der Waals surface area contributed by atoms with Crippen molar-refractivity contribution in [3.8, 4) is 0 Å². The van der Waals surface area contributed by atoms with Gasteiger partial charge >= 0.3 is 0 Å². The van der Waals surface area contributed by atoms with Crippen LogP contribution < -0.4 is 11.1 Å². The zero-order valence-corrected chi connectivity index (χ0v) is 12.0. The van der Waals surface area contributed by atoms with Gasteiger partial charge in [-0.15, -0.1) is 0 Å². The van der Waals surface area contributed by atoms with Crippen LogP contribution in [0, 0.1) is 0 Å². The number of carbonyl (C=O) groups excluding carboxylic acids is 1. The number of fused-ring (bicyclic) bond motifs is 2. The van der Waals surface area contributed by atoms with Crippen LogP contribution in [-0.2, 0) is 6.54 Å². The predicted molar refractivity (Wildman–Crippen MR) is 79.4 cm³/mol. The van der Waals surface area contributed by atoms with Crippen molar-refractivity contribution in [1.29, 1.82) is 0 Å². The molecule has 0 aromatic heterocycles. The molecule has 2 saturated heterocycles. The van der Waals surface area contributed by atoms with Gasteiger partial charge in [-0.1, -0.05) is 12.1 Å². The molecule has 0 radical (unpaired) electrons. The molecule has 0 spiro atoms. The Balaban J connectivity index is 1.60. The summed E-state index contributed by atoms with van der Waals surface area (Å²) in [5.41, 5.74) is 7.08. The van der Waals surface area contributed by atoms with E-state index in [-0.39, 0.29) is 5.91 Å². The van der Waals surface area contributed by atoms with Gasteiger partial charge in [-0.3, -0.25) is 9.69 Å². The minimum Gasteiger partial charge on any atom is -0.366 e. The van der Waals surface area contributed by atoms with E-state index >= 15 is 0 Å². The summed E-state index contributed by atoms with van der Waals surface area (Å²) in [7, 11) is 2.21. The first kappa shape index (κ1) is 13.6. The van der Waals surface area contributed by atoms with Crippen LogP contribution in [-0.4, -0.2) is 36.0 Å². The fourth-order valence-electron chi connectivity index (χ4n) is 3.58. The third kappa shape index (κ3) is 2.86. The average Bonchev–Trinajstić information content (AvgIpc) is 2.78. The van der Waals surface area contributed by atoms with Gasteiger partial charge in [-0.25, -0.2) is 0 Å². The lowest BCUT2D eigenvalue weighted by molar-refractivity contribution is 0.1000. The molecule has 4 nitrogen and oxygen atoms in total. The largest absolute Gasteiger partial charge is 0.366 e. The van der Waals surface area contributed by atoms with Crippen molar-refractivity contribution in [2.75, 3.05) is 7.05 Å². The molecule has 2 aliphatic heterocycles. The van der Waals surface area contributed by atoms with Crippen molar-refractivity contribution in [2.45, 2.75) is 50.4 Å². The molecule has 3 rings (SSSR count). The highest BCUT2D eigenvalue weighted by Crippen LogP contribution is 2.29. The number of hydrogen-bond acceptors (Lipinski definition) is 3. The van der Waals surface area contributed by atoms with Crippen LogP contribution in [0.3, 0.4) is 0 Å². The molecular formula is C16H23N3O. The molecule has 2 fully saturated rings. The smallest absolute Gasteiger partial charge is 0.248 e. The SMILES string of the molecule is CN(Cc1ccc(C(N)=O)cc1)C1CC2CCC(C1)N2. The van der Waals surface area contributed by atoms with Gasteiger partial charge in [0.1, 0.15) is 0 Å². The van der Waals surface area contributed by atoms with Crippen molar-refractivity contribution in [3.05, 3.63) is 35.4 Å². The Morgan fingerprint density at radius 3 is 2.40 bits per heavy atom. The molecule has 0 saturated carbocycles. The molecule has 2 atom stereocenters. The molecule has 2 unspecified atom stereocenters. The highest BCUT2D eigenvalue weighted by molar-refractivity contribution is 5.92. The predicted octanol–water partition coefficient (Wildman–Crippen LogP) is 1.50. The summed E-state index contributed by atoms with van der Waals surface area (Å²) in [6.07, 6.45) is 5.18. The third-order valence-electron chi connectivity index (χ3n) is 4.74. The summed E-state index contributed by atoms with van der Waals surface area (Å²) >= 11 is 0. The number of nitrogens with one attached hydrogen (secondary N) is 1. The van der Waals surface area contributed by atoms with Crippen molar-refractivity contribution >= 4 is 5.91 Å². The minimum atomic E-state index is -0.361. The highest BCUT2D eigenvalue weighted by Gasteiger charge is 2.34. The van der Waals surface area contributed by atoms with Crippen molar-refractivity contribution in [3.63, 3.8) is 0 Å². The van der Waals surface area contributed by atoms with E-state index in [1.54, 1.807) is 0 Å². The molecular weight excluding hydrogens is 250 g/mol. The maximum Gasteiger partial charge on any atom is 0.248 e. The molecule has 1 amide bonds. The van der Waals surface area contributed by atoms with Gasteiger partial charge in [-0.05, 0) is 50.4 Å². The number of carbonyl (C=O) groups is 1. The van der Waals surface area contributed by atoms with Crippen LogP contribution >= 0.6 is 0 Å². The van der Waals surface area contributed by atoms with Gasteiger partial charge in [0.15, 0.2) is 0 Å². The summed E-state index contributed by atoms with van der Waals surface area (Å²) in [5, 5.41) is 3.68. The van der Waals surface area contributed by atoms with E-state index in [1.165, 1.54) is 31.2 Å². The fourth-order valence-corrected chi connectivity index (χ4v) is 3.58. The lowest BCUT2D eigenvalue weighted by Gasteiger charge is -2.35. The molecule has 2 heterocycles. The molecule has 2 bridgehead atoms.